The highest BCUT2D eigenvalue weighted by Crippen LogP contribution is 2.43. The van der Waals surface area contributed by atoms with Crippen LogP contribution in [0.2, 0.25) is 0 Å². The summed E-state index contributed by atoms with van der Waals surface area (Å²) in [5.74, 6) is -0.125. The minimum atomic E-state index is -0.0901. The molecule has 1 fully saturated rings. The molecule has 1 N–H and O–H groups in total. The zero-order valence-electron chi connectivity index (χ0n) is 25.1. The second-order valence-corrected chi connectivity index (χ2v) is 12.2. The number of carbonyl (C=O) groups is 2. The second-order valence-electron chi connectivity index (χ2n) is 11.1. The molecule has 2 aromatic rings. The molecule has 4 rings (SSSR count). The van der Waals surface area contributed by atoms with Gasteiger partial charge in [0.2, 0.25) is 0 Å². The molecule has 1 saturated heterocycles. The smallest absolute Gasteiger partial charge is 0.265 e. The number of carbonyl (C=O) groups excluding carboxylic acids is 2. The number of amides is 2. The fourth-order valence-electron chi connectivity index (χ4n) is 5.62. The average molecular weight is 572 g/mol. The molecule has 0 radical (unpaired) electrons. The summed E-state index contributed by atoms with van der Waals surface area (Å²) in [7, 11) is 0. The number of anilines is 1. The van der Waals surface area contributed by atoms with Crippen LogP contribution in [-0.4, -0.2) is 48.4 Å². The van der Waals surface area contributed by atoms with E-state index in [4.69, 9.17) is 0 Å². The van der Waals surface area contributed by atoms with Crippen molar-refractivity contribution in [3.8, 4) is 0 Å². The molecule has 6 heteroatoms. The van der Waals surface area contributed by atoms with E-state index in [1.165, 1.54) is 31.0 Å². The maximum Gasteiger partial charge on any atom is 0.265 e. The lowest BCUT2D eigenvalue weighted by Gasteiger charge is -2.39. The van der Waals surface area contributed by atoms with Crippen LogP contribution < -0.4 is 10.2 Å². The summed E-state index contributed by atoms with van der Waals surface area (Å²) in [6.07, 6.45) is 14.8. The Morgan fingerprint density at radius 1 is 1.07 bits per heavy atom. The van der Waals surface area contributed by atoms with Crippen molar-refractivity contribution in [2.45, 2.75) is 83.2 Å². The van der Waals surface area contributed by atoms with Gasteiger partial charge < -0.3 is 10.2 Å². The van der Waals surface area contributed by atoms with Crippen molar-refractivity contribution >= 4 is 35.3 Å². The van der Waals surface area contributed by atoms with Gasteiger partial charge in [-0.1, -0.05) is 86.2 Å². The summed E-state index contributed by atoms with van der Waals surface area (Å²) >= 11 is 1.48. The predicted molar refractivity (Wildman–Crippen MR) is 173 cm³/mol. The minimum absolute atomic E-state index is 0.0347. The van der Waals surface area contributed by atoms with Gasteiger partial charge in [-0.3, -0.25) is 14.5 Å². The topological polar surface area (TPSA) is 52.7 Å². The molecule has 2 aliphatic rings. The molecule has 0 saturated carbocycles. The number of piperidine rings is 1. The Morgan fingerprint density at radius 3 is 2.54 bits per heavy atom. The first-order valence-corrected chi connectivity index (χ1v) is 16.0. The number of nitrogens with one attached hydrogen (secondary N) is 1. The van der Waals surface area contributed by atoms with Gasteiger partial charge in [0, 0.05) is 42.2 Å². The van der Waals surface area contributed by atoms with Gasteiger partial charge in [0.15, 0.2) is 0 Å². The highest BCUT2D eigenvalue weighted by Gasteiger charge is 2.30. The summed E-state index contributed by atoms with van der Waals surface area (Å²) in [6.45, 7) is 11.0. The highest BCUT2D eigenvalue weighted by atomic mass is 32.2. The van der Waals surface area contributed by atoms with Crippen molar-refractivity contribution in [2.75, 3.05) is 24.5 Å². The fourth-order valence-corrected chi connectivity index (χ4v) is 6.66. The molecule has 2 atom stereocenters. The van der Waals surface area contributed by atoms with Crippen molar-refractivity contribution in [2.24, 2.45) is 0 Å². The summed E-state index contributed by atoms with van der Waals surface area (Å²) in [6, 6.07) is 16.9. The van der Waals surface area contributed by atoms with Crippen LogP contribution in [0, 0.1) is 0 Å². The van der Waals surface area contributed by atoms with E-state index in [0.29, 0.717) is 35.6 Å². The zero-order valence-corrected chi connectivity index (χ0v) is 25.9. The molecule has 2 amide bonds. The van der Waals surface area contributed by atoms with Crippen LogP contribution in [0.3, 0.4) is 0 Å². The van der Waals surface area contributed by atoms with Crippen LogP contribution in [-0.2, 0) is 4.79 Å². The van der Waals surface area contributed by atoms with Gasteiger partial charge >= 0.3 is 0 Å². The number of likely N-dealkylation sites (tertiary alicyclic amines) is 1. The van der Waals surface area contributed by atoms with Crippen LogP contribution in [0.4, 0.5) is 5.69 Å². The quantitative estimate of drug-likeness (QED) is 0.170. The number of hydrogen-bond acceptors (Lipinski definition) is 4. The van der Waals surface area contributed by atoms with E-state index in [1.54, 1.807) is 0 Å². The Hall–Kier alpha value is -3.09. The molecule has 0 aliphatic carbocycles. The minimum Gasteiger partial charge on any atom is -0.352 e. The van der Waals surface area contributed by atoms with E-state index >= 15 is 0 Å². The summed E-state index contributed by atoms with van der Waals surface area (Å²) in [5.41, 5.74) is 3.54. The fraction of sp³-hybridized carbons (Fsp3) is 0.429. The Labute approximate surface area is 250 Å². The maximum atomic E-state index is 13.9. The molecule has 2 aromatic carbocycles. The molecule has 218 valence electrons. The van der Waals surface area contributed by atoms with Crippen molar-refractivity contribution in [3.05, 3.63) is 88.4 Å². The Morgan fingerprint density at radius 2 is 1.83 bits per heavy atom. The van der Waals surface area contributed by atoms with E-state index in [1.807, 2.05) is 59.5 Å². The molecule has 41 heavy (non-hydrogen) atoms. The molecular weight excluding hydrogens is 526 g/mol. The number of thioether (sulfide) groups is 1. The van der Waals surface area contributed by atoms with Crippen LogP contribution in [0.5, 0.6) is 0 Å². The van der Waals surface area contributed by atoms with Crippen molar-refractivity contribution in [3.63, 3.8) is 0 Å². The number of hydrogen-bond donors (Lipinski definition) is 1. The van der Waals surface area contributed by atoms with Gasteiger partial charge in [0.05, 0.1) is 10.6 Å². The highest BCUT2D eigenvalue weighted by molar-refractivity contribution is 8.04. The SMILES string of the molecule is CC/C=C\C=C(/CC)CN1C(=O)/C(=C/c2ccccc2)Sc2ccc(C(=O)NCCCN3C(C)CCCC3C)cc21. The number of rotatable bonds is 11. The van der Waals surface area contributed by atoms with Crippen LogP contribution >= 0.6 is 11.8 Å². The molecule has 0 aromatic heterocycles. The molecule has 0 bridgehead atoms. The first-order valence-electron chi connectivity index (χ1n) is 15.2. The van der Waals surface area contributed by atoms with Crippen molar-refractivity contribution in [1.82, 2.24) is 10.2 Å². The van der Waals surface area contributed by atoms with Gasteiger partial charge in [0.1, 0.15) is 0 Å². The van der Waals surface area contributed by atoms with Crippen LogP contribution in [0.1, 0.15) is 82.1 Å². The number of fused-ring (bicyclic) bond motifs is 1. The summed E-state index contributed by atoms with van der Waals surface area (Å²) in [4.78, 5) is 33.1. The van der Waals surface area contributed by atoms with E-state index in [0.717, 1.165) is 47.5 Å². The van der Waals surface area contributed by atoms with Gasteiger partial charge in [0.25, 0.3) is 11.8 Å². The first-order chi connectivity index (χ1) is 19.9. The lowest BCUT2D eigenvalue weighted by molar-refractivity contribution is -0.114. The lowest BCUT2D eigenvalue weighted by Crippen LogP contribution is -2.44. The summed E-state index contributed by atoms with van der Waals surface area (Å²) < 4.78 is 0. The molecule has 2 aliphatic heterocycles. The molecule has 5 nitrogen and oxygen atoms in total. The van der Waals surface area contributed by atoms with Crippen LogP contribution in [0.25, 0.3) is 6.08 Å². The van der Waals surface area contributed by atoms with E-state index in [9.17, 15) is 9.59 Å². The maximum absolute atomic E-state index is 13.9. The Bertz CT molecular complexity index is 1270. The van der Waals surface area contributed by atoms with Gasteiger partial charge in [-0.15, -0.1) is 0 Å². The zero-order chi connectivity index (χ0) is 29.2. The Kier molecular flexibility index (Phi) is 11.5. The number of nitrogens with zero attached hydrogens (tertiary/aromatic N) is 2. The molecule has 0 spiro atoms. The standard InChI is InChI=1S/C35H45N3O2S/c1-5-7-9-16-28(6-2)25-38-31-24-30(34(39)36-21-13-22-37-26(3)14-12-15-27(37)4)19-20-32(31)41-33(35(38)40)23-29-17-10-8-11-18-29/h7-11,16-20,23-24,26-27H,5-6,12-15,21-22,25H2,1-4H3,(H,36,39)/b9-7-,28-16+,33-23-. The summed E-state index contributed by atoms with van der Waals surface area (Å²) in [5, 5.41) is 3.12. The lowest BCUT2D eigenvalue weighted by atomic mass is 9.97. The van der Waals surface area contributed by atoms with Crippen molar-refractivity contribution in [1.29, 1.82) is 0 Å². The van der Waals surface area contributed by atoms with Crippen molar-refractivity contribution < 1.29 is 9.59 Å². The monoisotopic (exact) mass is 571 g/mol. The van der Waals surface area contributed by atoms with Crippen LogP contribution in [0.15, 0.2) is 82.1 Å². The molecule has 2 heterocycles. The first kappa shape index (κ1) is 30.9. The van der Waals surface area contributed by atoms with E-state index in [-0.39, 0.29) is 11.8 Å². The third-order valence-electron chi connectivity index (χ3n) is 8.06. The third kappa shape index (κ3) is 8.23. The predicted octanol–water partition coefficient (Wildman–Crippen LogP) is 7.85. The Balaban J connectivity index is 1.52. The molecule has 2 unspecified atom stereocenters. The van der Waals surface area contributed by atoms with Gasteiger partial charge in [-0.2, -0.15) is 0 Å². The normalized spacial score (nSPS) is 21.0. The third-order valence-corrected chi connectivity index (χ3v) is 9.14. The van der Waals surface area contributed by atoms with Gasteiger partial charge in [-0.05, 0) is 75.8 Å². The molecular formula is C35H45N3O2S. The van der Waals surface area contributed by atoms with E-state index < -0.39 is 0 Å². The second kappa shape index (κ2) is 15.2. The average Bonchev–Trinajstić information content (AvgIpc) is 2.98. The van der Waals surface area contributed by atoms with Gasteiger partial charge in [-0.25, -0.2) is 0 Å². The number of allylic oxidation sites excluding steroid dienone is 3. The van der Waals surface area contributed by atoms with E-state index in [2.05, 4.69) is 56.1 Å². The number of benzene rings is 2. The largest absolute Gasteiger partial charge is 0.352 e.